The van der Waals surface area contributed by atoms with E-state index in [2.05, 4.69) is 51.1 Å². The molecule has 0 unspecified atom stereocenters. The van der Waals surface area contributed by atoms with Crippen LogP contribution >= 0.6 is 0 Å². The largest absolute Gasteiger partial charge is 0.493 e. The fourth-order valence-electron chi connectivity index (χ4n) is 5.09. The molecule has 1 atom stereocenters. The van der Waals surface area contributed by atoms with Crippen molar-refractivity contribution in [3.63, 3.8) is 0 Å². The maximum absolute atomic E-state index is 13.6. The smallest absolute Gasteiger partial charge is 0.253 e. The molecule has 4 aromatic rings. The van der Waals surface area contributed by atoms with E-state index in [0.29, 0.717) is 54.6 Å². The molecule has 0 spiro atoms. The van der Waals surface area contributed by atoms with Gasteiger partial charge in [-0.25, -0.2) is 9.07 Å². The summed E-state index contributed by atoms with van der Waals surface area (Å²) in [5, 5.41) is 13.6. The first-order valence-corrected chi connectivity index (χ1v) is 13.1. The lowest BCUT2D eigenvalue weighted by Gasteiger charge is -2.40. The number of anilines is 1. The van der Waals surface area contributed by atoms with Crippen molar-refractivity contribution >= 4 is 16.6 Å². The van der Waals surface area contributed by atoms with E-state index in [-0.39, 0.29) is 16.9 Å². The Bertz CT molecular complexity index is 1510. The van der Waals surface area contributed by atoms with Crippen LogP contribution in [0.25, 0.3) is 10.9 Å². The molecule has 1 aliphatic heterocycles. The second-order valence-corrected chi connectivity index (χ2v) is 10.4. The predicted molar refractivity (Wildman–Crippen MR) is 147 cm³/mol. The van der Waals surface area contributed by atoms with Crippen molar-refractivity contribution < 1.29 is 13.9 Å². The molecule has 0 aliphatic carbocycles. The van der Waals surface area contributed by atoms with E-state index >= 15 is 0 Å². The van der Waals surface area contributed by atoms with Crippen LogP contribution in [0.1, 0.15) is 44.6 Å². The number of tetrazole rings is 1. The number of pyridine rings is 1. The summed E-state index contributed by atoms with van der Waals surface area (Å²) in [6, 6.07) is 11.6. The van der Waals surface area contributed by atoms with Gasteiger partial charge in [0.2, 0.25) is 0 Å². The molecular weight excluding hydrogens is 501 g/mol. The number of benzene rings is 2. The van der Waals surface area contributed by atoms with Crippen molar-refractivity contribution in [3.8, 4) is 11.5 Å². The molecule has 2 aromatic heterocycles. The Morgan fingerprint density at radius 2 is 1.69 bits per heavy atom. The number of nitrogens with zero attached hydrogens (tertiary/aromatic N) is 6. The Kier molecular flexibility index (Phi) is 7.26. The summed E-state index contributed by atoms with van der Waals surface area (Å²) in [7, 11) is 3.15. The van der Waals surface area contributed by atoms with Gasteiger partial charge in [-0.15, -0.1) is 5.10 Å². The molecule has 0 saturated carbocycles. The molecule has 2 aromatic carbocycles. The van der Waals surface area contributed by atoms with Crippen molar-refractivity contribution in [2.45, 2.75) is 38.8 Å². The van der Waals surface area contributed by atoms with Crippen LogP contribution in [0.5, 0.6) is 11.5 Å². The molecule has 0 radical (unpaired) electrons. The number of piperazine rings is 1. The highest BCUT2D eigenvalue weighted by molar-refractivity contribution is 5.83. The average molecular weight is 536 g/mol. The number of nitrogens with one attached hydrogen (secondary N) is 1. The second kappa shape index (κ2) is 10.6. The number of hydrogen-bond donors (Lipinski definition) is 1. The highest BCUT2D eigenvalue weighted by Crippen LogP contribution is 2.35. The van der Waals surface area contributed by atoms with Gasteiger partial charge in [-0.05, 0) is 67.1 Å². The van der Waals surface area contributed by atoms with E-state index in [1.807, 2.05) is 16.8 Å². The molecule has 5 rings (SSSR count). The maximum Gasteiger partial charge on any atom is 0.253 e. The Labute approximate surface area is 226 Å². The average Bonchev–Trinajstić information content (AvgIpc) is 3.44. The van der Waals surface area contributed by atoms with Crippen LogP contribution in [-0.4, -0.2) is 70.5 Å². The number of aromatic amines is 1. The number of halogens is 1. The van der Waals surface area contributed by atoms with Gasteiger partial charge < -0.3 is 19.4 Å². The van der Waals surface area contributed by atoms with Crippen LogP contribution in [0.15, 0.2) is 47.3 Å². The lowest BCUT2D eigenvalue weighted by Crippen LogP contribution is -2.49. The maximum atomic E-state index is 13.6. The van der Waals surface area contributed by atoms with Crippen LogP contribution in [-0.2, 0) is 5.54 Å². The van der Waals surface area contributed by atoms with Gasteiger partial charge in [0.1, 0.15) is 11.9 Å². The Morgan fingerprint density at radius 1 is 1.03 bits per heavy atom. The Balaban J connectivity index is 1.58. The van der Waals surface area contributed by atoms with Crippen LogP contribution < -0.4 is 19.9 Å². The van der Waals surface area contributed by atoms with E-state index < -0.39 is 6.04 Å². The number of fused-ring (bicyclic) bond motifs is 1. The van der Waals surface area contributed by atoms with Gasteiger partial charge in [-0.3, -0.25) is 9.69 Å². The minimum Gasteiger partial charge on any atom is -0.493 e. The third-order valence-electron chi connectivity index (χ3n) is 7.72. The second-order valence-electron chi connectivity index (χ2n) is 10.4. The number of aromatic nitrogens is 5. The summed E-state index contributed by atoms with van der Waals surface area (Å²) >= 11 is 0. The molecule has 1 N–H and O–H groups in total. The summed E-state index contributed by atoms with van der Waals surface area (Å²) in [6.45, 7) is 8.98. The molecule has 1 fully saturated rings. The molecule has 0 bridgehead atoms. The van der Waals surface area contributed by atoms with Crippen molar-refractivity contribution in [3.05, 3.63) is 70.0 Å². The standard InChI is InChI=1S/C28H34FN7O3/c1-6-28(2,3)36-26(31-32-33-36)25(35-13-11-34(12-14-35)20-9-7-19(29)8-10-20)21-15-18-16-23(38-4)24(39-5)17-22(18)30-27(21)37/h7-10,15-17,25H,6,11-14H2,1-5H3,(H,30,37)/t25-/m0/s1. The van der Waals surface area contributed by atoms with Gasteiger partial charge in [0.15, 0.2) is 17.3 Å². The first kappa shape index (κ1) is 26.6. The zero-order chi connectivity index (χ0) is 27.7. The van der Waals surface area contributed by atoms with Gasteiger partial charge in [0.05, 0.1) is 25.3 Å². The highest BCUT2D eigenvalue weighted by Gasteiger charge is 2.35. The minimum absolute atomic E-state index is 0.218. The lowest BCUT2D eigenvalue weighted by atomic mass is 9.98. The normalized spacial score (nSPS) is 15.5. The Hall–Kier alpha value is -3.99. The molecule has 11 heteroatoms. The molecule has 1 aliphatic rings. The molecule has 3 heterocycles. The third kappa shape index (κ3) is 5.06. The summed E-state index contributed by atoms with van der Waals surface area (Å²) in [5.74, 6) is 1.47. The van der Waals surface area contributed by atoms with E-state index in [1.165, 1.54) is 12.1 Å². The van der Waals surface area contributed by atoms with Crippen molar-refractivity contribution in [1.29, 1.82) is 0 Å². The molecule has 0 amide bonds. The van der Waals surface area contributed by atoms with Gasteiger partial charge >= 0.3 is 0 Å². The fraction of sp³-hybridized carbons (Fsp3) is 0.429. The first-order chi connectivity index (χ1) is 18.7. The SMILES string of the molecule is CCC(C)(C)n1nnnc1[C@H](c1cc2cc(OC)c(OC)cc2[nH]c1=O)N1CCN(c2ccc(F)cc2)CC1. The predicted octanol–water partition coefficient (Wildman–Crippen LogP) is 3.73. The minimum atomic E-state index is -0.484. The van der Waals surface area contributed by atoms with Gasteiger partial charge in [0, 0.05) is 48.9 Å². The van der Waals surface area contributed by atoms with Crippen molar-refractivity contribution in [2.75, 3.05) is 45.3 Å². The van der Waals surface area contributed by atoms with Crippen LogP contribution in [0.2, 0.25) is 0 Å². The van der Waals surface area contributed by atoms with E-state index in [4.69, 9.17) is 9.47 Å². The molecule has 206 valence electrons. The van der Waals surface area contributed by atoms with Crippen molar-refractivity contribution in [2.24, 2.45) is 0 Å². The molecule has 1 saturated heterocycles. The quantitative estimate of drug-likeness (QED) is 0.364. The van der Waals surface area contributed by atoms with Gasteiger partial charge in [-0.1, -0.05) is 6.92 Å². The number of rotatable bonds is 8. The van der Waals surface area contributed by atoms with Crippen LogP contribution in [0, 0.1) is 5.82 Å². The van der Waals surface area contributed by atoms with E-state index in [1.54, 1.807) is 32.4 Å². The topological polar surface area (TPSA) is 101 Å². The summed E-state index contributed by atoms with van der Waals surface area (Å²) in [4.78, 5) is 21.1. The number of methoxy groups -OCH3 is 2. The van der Waals surface area contributed by atoms with E-state index in [0.717, 1.165) is 17.5 Å². The zero-order valence-electron chi connectivity index (χ0n) is 22.9. The monoisotopic (exact) mass is 535 g/mol. The molecular formula is C28H34FN7O3. The fourth-order valence-corrected chi connectivity index (χ4v) is 5.09. The van der Waals surface area contributed by atoms with Gasteiger partial charge in [-0.2, -0.15) is 0 Å². The summed E-state index contributed by atoms with van der Waals surface area (Å²) < 4.78 is 26.2. The first-order valence-electron chi connectivity index (χ1n) is 13.1. The third-order valence-corrected chi connectivity index (χ3v) is 7.72. The van der Waals surface area contributed by atoms with Crippen LogP contribution in [0.4, 0.5) is 10.1 Å². The zero-order valence-corrected chi connectivity index (χ0v) is 22.9. The van der Waals surface area contributed by atoms with Gasteiger partial charge in [0.25, 0.3) is 5.56 Å². The molecule has 10 nitrogen and oxygen atoms in total. The lowest BCUT2D eigenvalue weighted by molar-refractivity contribution is 0.186. The van der Waals surface area contributed by atoms with Crippen molar-refractivity contribution in [1.82, 2.24) is 30.1 Å². The molecule has 39 heavy (non-hydrogen) atoms. The highest BCUT2D eigenvalue weighted by atomic mass is 19.1. The summed E-state index contributed by atoms with van der Waals surface area (Å²) in [5.41, 5.74) is 1.59. The van der Waals surface area contributed by atoms with E-state index in [9.17, 15) is 9.18 Å². The number of H-pyrrole nitrogens is 1. The summed E-state index contributed by atoms with van der Waals surface area (Å²) in [6.07, 6.45) is 0.807. The number of hydrogen-bond acceptors (Lipinski definition) is 8. The van der Waals surface area contributed by atoms with Crippen LogP contribution in [0.3, 0.4) is 0 Å². The number of ether oxygens (including phenoxy) is 2. The Morgan fingerprint density at radius 3 is 2.33 bits per heavy atom.